The maximum absolute atomic E-state index is 5.26. The number of aryl methyl sites for hydroxylation is 1. The minimum Gasteiger partial charge on any atom is -0.468 e. The number of furan rings is 1. The maximum Gasteiger partial charge on any atom is 0.114 e. The molecule has 0 amide bonds. The molecule has 0 N–H and O–H groups in total. The van der Waals surface area contributed by atoms with Crippen molar-refractivity contribution in [1.82, 2.24) is 0 Å². The van der Waals surface area contributed by atoms with Crippen LogP contribution >= 0.6 is 11.8 Å². The van der Waals surface area contributed by atoms with Crippen molar-refractivity contribution in [2.24, 2.45) is 0 Å². The molecule has 0 bridgehead atoms. The molecule has 0 spiro atoms. The molecule has 1 aliphatic heterocycles. The lowest BCUT2D eigenvalue weighted by Gasteiger charge is -1.96. The first kappa shape index (κ1) is 6.35. The van der Waals surface area contributed by atoms with E-state index in [0.29, 0.717) is 0 Å². The molecule has 1 aliphatic rings. The number of hydrogen-bond donors (Lipinski definition) is 0. The molecule has 10 heavy (non-hydrogen) atoms. The highest BCUT2D eigenvalue weighted by Crippen LogP contribution is 2.39. The number of fused-ring (bicyclic) bond motifs is 1. The van der Waals surface area contributed by atoms with Crippen molar-refractivity contribution in [2.45, 2.75) is 30.4 Å². The third-order valence-electron chi connectivity index (χ3n) is 1.82. The van der Waals surface area contributed by atoms with E-state index in [-0.39, 0.29) is 0 Å². The van der Waals surface area contributed by atoms with E-state index in [2.05, 4.69) is 6.92 Å². The third-order valence-corrected chi connectivity index (χ3v) is 3.17. The van der Waals surface area contributed by atoms with Gasteiger partial charge >= 0.3 is 0 Å². The molecule has 2 rings (SSSR count). The van der Waals surface area contributed by atoms with Crippen molar-refractivity contribution in [2.75, 3.05) is 0 Å². The monoisotopic (exact) mass is 154 g/mol. The van der Waals surface area contributed by atoms with Gasteiger partial charge in [-0.15, -0.1) is 11.8 Å². The molecule has 0 aliphatic carbocycles. The van der Waals surface area contributed by atoms with Crippen LogP contribution in [0.3, 0.4) is 0 Å². The average Bonchev–Trinajstić information content (AvgIpc) is 2.35. The van der Waals surface area contributed by atoms with Crippen LogP contribution < -0.4 is 0 Å². The highest BCUT2D eigenvalue weighted by atomic mass is 32.2. The van der Waals surface area contributed by atoms with Gasteiger partial charge in [-0.3, -0.25) is 0 Å². The van der Waals surface area contributed by atoms with E-state index >= 15 is 0 Å². The third kappa shape index (κ3) is 0.788. The predicted molar refractivity (Wildman–Crippen MR) is 42.5 cm³/mol. The Morgan fingerprint density at radius 3 is 3.20 bits per heavy atom. The molecule has 54 valence electrons. The van der Waals surface area contributed by atoms with Crippen molar-refractivity contribution >= 4 is 11.8 Å². The van der Waals surface area contributed by atoms with Crippen molar-refractivity contribution in [1.29, 1.82) is 0 Å². The summed E-state index contributed by atoms with van der Waals surface area (Å²) >= 11 is 1.93. The SMILES string of the molecule is Cc1occ2c1SC(C)C2. The van der Waals surface area contributed by atoms with Crippen LogP contribution in [0, 0.1) is 6.92 Å². The van der Waals surface area contributed by atoms with Crippen LogP contribution in [-0.4, -0.2) is 5.25 Å². The second kappa shape index (κ2) is 2.06. The molecule has 1 aromatic heterocycles. The second-order valence-electron chi connectivity index (χ2n) is 2.78. The molecule has 1 nitrogen and oxygen atoms in total. The standard InChI is InChI=1S/C8H10OS/c1-5-3-7-4-9-6(2)8(7)10-5/h4-5H,3H2,1-2H3. The Bertz CT molecular complexity index is 252. The highest BCUT2D eigenvalue weighted by molar-refractivity contribution is 8.00. The van der Waals surface area contributed by atoms with E-state index in [1.165, 1.54) is 16.9 Å². The van der Waals surface area contributed by atoms with Crippen molar-refractivity contribution in [3.63, 3.8) is 0 Å². The lowest BCUT2D eigenvalue weighted by atomic mass is 10.2. The summed E-state index contributed by atoms with van der Waals surface area (Å²) in [6.45, 7) is 4.29. The van der Waals surface area contributed by atoms with Gasteiger partial charge in [-0.2, -0.15) is 0 Å². The summed E-state index contributed by atoms with van der Waals surface area (Å²) < 4.78 is 5.26. The van der Waals surface area contributed by atoms with E-state index in [4.69, 9.17) is 4.42 Å². The van der Waals surface area contributed by atoms with E-state index in [0.717, 1.165) is 11.0 Å². The summed E-state index contributed by atoms with van der Waals surface area (Å²) in [5, 5.41) is 0.750. The van der Waals surface area contributed by atoms with Crippen molar-refractivity contribution in [3.05, 3.63) is 17.6 Å². The maximum atomic E-state index is 5.26. The molecule has 0 saturated carbocycles. The fraction of sp³-hybridized carbons (Fsp3) is 0.500. The number of thioether (sulfide) groups is 1. The summed E-state index contributed by atoms with van der Waals surface area (Å²) in [6.07, 6.45) is 3.07. The van der Waals surface area contributed by atoms with E-state index in [1.54, 1.807) is 0 Å². The van der Waals surface area contributed by atoms with Crippen LogP contribution in [0.15, 0.2) is 15.6 Å². The molecular formula is C8H10OS. The largest absolute Gasteiger partial charge is 0.468 e. The highest BCUT2D eigenvalue weighted by Gasteiger charge is 2.22. The van der Waals surface area contributed by atoms with Crippen molar-refractivity contribution < 1.29 is 4.42 Å². The van der Waals surface area contributed by atoms with Crippen LogP contribution in [0.4, 0.5) is 0 Å². The minimum absolute atomic E-state index is 0.750. The van der Waals surface area contributed by atoms with Crippen LogP contribution in [-0.2, 0) is 6.42 Å². The topological polar surface area (TPSA) is 13.1 Å². The van der Waals surface area contributed by atoms with Crippen LogP contribution in [0.5, 0.6) is 0 Å². The fourth-order valence-corrected chi connectivity index (χ4v) is 2.51. The van der Waals surface area contributed by atoms with Gasteiger partial charge in [0.25, 0.3) is 0 Å². The Kier molecular flexibility index (Phi) is 1.31. The first-order chi connectivity index (χ1) is 4.77. The summed E-state index contributed by atoms with van der Waals surface area (Å²) in [6, 6.07) is 0. The fourth-order valence-electron chi connectivity index (χ4n) is 1.34. The first-order valence-corrected chi connectivity index (χ1v) is 4.39. The van der Waals surface area contributed by atoms with Gasteiger partial charge in [-0.25, -0.2) is 0 Å². The van der Waals surface area contributed by atoms with Crippen molar-refractivity contribution in [3.8, 4) is 0 Å². The zero-order chi connectivity index (χ0) is 7.14. The minimum atomic E-state index is 0.750. The molecule has 0 saturated heterocycles. The van der Waals surface area contributed by atoms with Gasteiger partial charge in [-0.05, 0) is 13.3 Å². The van der Waals surface area contributed by atoms with Gasteiger partial charge in [0, 0.05) is 10.8 Å². The van der Waals surface area contributed by atoms with Gasteiger partial charge < -0.3 is 4.42 Å². The molecule has 0 radical (unpaired) electrons. The Morgan fingerprint density at radius 2 is 2.50 bits per heavy atom. The van der Waals surface area contributed by atoms with Crippen LogP contribution in [0.25, 0.3) is 0 Å². The number of rotatable bonds is 0. The van der Waals surface area contributed by atoms with Crippen LogP contribution in [0.2, 0.25) is 0 Å². The quantitative estimate of drug-likeness (QED) is 0.570. The summed E-state index contributed by atoms with van der Waals surface area (Å²) in [5.74, 6) is 1.09. The second-order valence-corrected chi connectivity index (χ2v) is 4.23. The lowest BCUT2D eigenvalue weighted by molar-refractivity contribution is 0.524. The molecule has 2 heterocycles. The Balaban J connectivity index is 2.44. The summed E-state index contributed by atoms with van der Waals surface area (Å²) in [5.41, 5.74) is 1.40. The molecule has 0 aromatic carbocycles. The number of hydrogen-bond acceptors (Lipinski definition) is 2. The first-order valence-electron chi connectivity index (χ1n) is 3.51. The molecule has 1 atom stereocenters. The van der Waals surface area contributed by atoms with E-state index < -0.39 is 0 Å². The summed E-state index contributed by atoms with van der Waals surface area (Å²) in [4.78, 5) is 1.38. The van der Waals surface area contributed by atoms with Gasteiger partial charge in [0.05, 0.1) is 11.2 Å². The zero-order valence-corrected chi connectivity index (χ0v) is 6.99. The molecule has 0 fully saturated rings. The van der Waals surface area contributed by atoms with Crippen LogP contribution in [0.1, 0.15) is 18.2 Å². The van der Waals surface area contributed by atoms with Gasteiger partial charge in [0.1, 0.15) is 5.76 Å². The Labute approximate surface area is 64.8 Å². The Hall–Kier alpha value is -0.370. The van der Waals surface area contributed by atoms with Gasteiger partial charge in [-0.1, -0.05) is 6.92 Å². The smallest absolute Gasteiger partial charge is 0.114 e. The van der Waals surface area contributed by atoms with E-state index in [9.17, 15) is 0 Å². The molecular weight excluding hydrogens is 144 g/mol. The molecule has 1 unspecified atom stereocenters. The normalized spacial score (nSPS) is 23.2. The van der Waals surface area contributed by atoms with Gasteiger partial charge in [0.15, 0.2) is 0 Å². The lowest BCUT2D eigenvalue weighted by Crippen LogP contribution is -1.90. The van der Waals surface area contributed by atoms with Gasteiger partial charge in [0.2, 0.25) is 0 Å². The zero-order valence-electron chi connectivity index (χ0n) is 6.18. The van der Waals surface area contributed by atoms with E-state index in [1.807, 2.05) is 24.9 Å². The molecule has 2 heteroatoms. The average molecular weight is 154 g/mol. The molecule has 1 aromatic rings. The predicted octanol–water partition coefficient (Wildman–Crippen LogP) is 2.62. The summed E-state index contributed by atoms with van der Waals surface area (Å²) in [7, 11) is 0. The Morgan fingerprint density at radius 1 is 1.70 bits per heavy atom.